The molecule has 0 aliphatic carbocycles. The molecule has 0 aliphatic heterocycles. The standard InChI is InChI=1S/C15H17N3O3/c1-10(2)18-9-12(8-16-18)14(19)17-13(15(20)21)11-6-4-3-5-7-11/h3-10,13H,1-2H3,(H,17,19)(H,20,21)/t13-/m0/s1. The van der Waals surface area contributed by atoms with Gasteiger partial charge in [0.05, 0.1) is 11.8 Å². The van der Waals surface area contributed by atoms with Crippen LogP contribution in [0.15, 0.2) is 42.7 Å². The van der Waals surface area contributed by atoms with E-state index in [0.29, 0.717) is 11.1 Å². The highest BCUT2D eigenvalue weighted by molar-refractivity contribution is 5.96. The number of aromatic nitrogens is 2. The smallest absolute Gasteiger partial charge is 0.330 e. The molecule has 2 aromatic rings. The molecule has 1 amide bonds. The van der Waals surface area contributed by atoms with Gasteiger partial charge in [-0.3, -0.25) is 9.48 Å². The Kier molecular flexibility index (Phi) is 4.37. The van der Waals surface area contributed by atoms with Crippen molar-refractivity contribution >= 4 is 11.9 Å². The average Bonchev–Trinajstić information content (AvgIpc) is 2.95. The van der Waals surface area contributed by atoms with Crippen LogP contribution in [0.1, 0.15) is 41.9 Å². The topological polar surface area (TPSA) is 84.2 Å². The summed E-state index contributed by atoms with van der Waals surface area (Å²) in [5.41, 5.74) is 0.862. The lowest BCUT2D eigenvalue weighted by Gasteiger charge is -2.14. The first-order valence-corrected chi connectivity index (χ1v) is 6.62. The van der Waals surface area contributed by atoms with E-state index in [2.05, 4.69) is 10.4 Å². The first kappa shape index (κ1) is 14.8. The zero-order chi connectivity index (χ0) is 15.4. The summed E-state index contributed by atoms with van der Waals surface area (Å²) in [7, 11) is 0. The van der Waals surface area contributed by atoms with Crippen molar-refractivity contribution < 1.29 is 14.7 Å². The second-order valence-electron chi connectivity index (χ2n) is 4.96. The van der Waals surface area contributed by atoms with Crippen LogP contribution in [-0.4, -0.2) is 26.8 Å². The van der Waals surface area contributed by atoms with Gasteiger partial charge in [-0.15, -0.1) is 0 Å². The molecule has 0 saturated heterocycles. The third-order valence-electron chi connectivity index (χ3n) is 3.05. The van der Waals surface area contributed by atoms with Crippen LogP contribution in [-0.2, 0) is 4.79 Å². The second kappa shape index (κ2) is 6.21. The Hall–Kier alpha value is -2.63. The van der Waals surface area contributed by atoms with Gasteiger partial charge in [0.2, 0.25) is 0 Å². The molecule has 1 aromatic heterocycles. The van der Waals surface area contributed by atoms with Gasteiger partial charge in [-0.1, -0.05) is 30.3 Å². The van der Waals surface area contributed by atoms with E-state index < -0.39 is 17.9 Å². The van der Waals surface area contributed by atoms with E-state index in [1.54, 1.807) is 41.2 Å². The average molecular weight is 287 g/mol. The van der Waals surface area contributed by atoms with E-state index in [9.17, 15) is 14.7 Å². The molecule has 0 fully saturated rings. The fraction of sp³-hybridized carbons (Fsp3) is 0.267. The summed E-state index contributed by atoms with van der Waals surface area (Å²) in [6.45, 7) is 3.89. The lowest BCUT2D eigenvalue weighted by atomic mass is 10.1. The van der Waals surface area contributed by atoms with Crippen molar-refractivity contribution in [1.82, 2.24) is 15.1 Å². The molecule has 21 heavy (non-hydrogen) atoms. The molecule has 0 unspecified atom stereocenters. The summed E-state index contributed by atoms with van der Waals surface area (Å²) >= 11 is 0. The maximum Gasteiger partial charge on any atom is 0.330 e. The molecule has 0 bridgehead atoms. The highest BCUT2D eigenvalue weighted by Gasteiger charge is 2.23. The number of nitrogens with zero attached hydrogens (tertiary/aromatic N) is 2. The molecule has 1 aromatic carbocycles. The van der Waals surface area contributed by atoms with Gasteiger partial charge < -0.3 is 10.4 Å². The molecular formula is C15H17N3O3. The van der Waals surface area contributed by atoms with Crippen LogP contribution < -0.4 is 5.32 Å². The fourth-order valence-electron chi connectivity index (χ4n) is 1.89. The predicted octanol–water partition coefficient (Wildman–Crippen LogP) is 2.02. The molecular weight excluding hydrogens is 270 g/mol. The molecule has 2 rings (SSSR count). The van der Waals surface area contributed by atoms with Gasteiger partial charge in [-0.05, 0) is 19.4 Å². The number of hydrogen-bond donors (Lipinski definition) is 2. The number of benzene rings is 1. The highest BCUT2D eigenvalue weighted by Crippen LogP contribution is 2.14. The first-order valence-electron chi connectivity index (χ1n) is 6.62. The Balaban J connectivity index is 2.17. The van der Waals surface area contributed by atoms with Gasteiger partial charge in [0, 0.05) is 12.2 Å². The molecule has 6 heteroatoms. The Morgan fingerprint density at radius 2 is 1.90 bits per heavy atom. The van der Waals surface area contributed by atoms with E-state index in [0.717, 1.165) is 0 Å². The Bertz CT molecular complexity index is 635. The largest absolute Gasteiger partial charge is 0.479 e. The van der Waals surface area contributed by atoms with E-state index in [-0.39, 0.29) is 6.04 Å². The van der Waals surface area contributed by atoms with Crippen LogP contribution >= 0.6 is 0 Å². The van der Waals surface area contributed by atoms with Crippen molar-refractivity contribution in [3.63, 3.8) is 0 Å². The van der Waals surface area contributed by atoms with E-state index >= 15 is 0 Å². The van der Waals surface area contributed by atoms with Crippen LogP contribution in [0.25, 0.3) is 0 Å². The van der Waals surface area contributed by atoms with E-state index in [1.165, 1.54) is 6.20 Å². The molecule has 0 aliphatic rings. The van der Waals surface area contributed by atoms with Crippen molar-refractivity contribution in [3.8, 4) is 0 Å². The van der Waals surface area contributed by atoms with Gasteiger partial charge in [0.1, 0.15) is 0 Å². The van der Waals surface area contributed by atoms with Crippen molar-refractivity contribution in [3.05, 3.63) is 53.9 Å². The minimum atomic E-state index is -1.11. The zero-order valence-corrected chi connectivity index (χ0v) is 11.9. The lowest BCUT2D eigenvalue weighted by molar-refractivity contribution is -0.139. The number of carbonyl (C=O) groups excluding carboxylic acids is 1. The molecule has 2 N–H and O–H groups in total. The monoisotopic (exact) mass is 287 g/mol. The second-order valence-corrected chi connectivity index (χ2v) is 4.96. The number of hydrogen-bond acceptors (Lipinski definition) is 3. The zero-order valence-electron chi connectivity index (χ0n) is 11.9. The third kappa shape index (κ3) is 3.47. The normalized spacial score (nSPS) is 12.1. The maximum atomic E-state index is 12.1. The Labute approximate surface area is 122 Å². The lowest BCUT2D eigenvalue weighted by Crippen LogP contribution is -2.33. The van der Waals surface area contributed by atoms with Crippen molar-refractivity contribution in [1.29, 1.82) is 0 Å². The molecule has 110 valence electrons. The minimum absolute atomic E-state index is 0.135. The molecule has 1 atom stereocenters. The van der Waals surface area contributed by atoms with Crippen molar-refractivity contribution in [2.75, 3.05) is 0 Å². The molecule has 0 saturated carbocycles. The highest BCUT2D eigenvalue weighted by atomic mass is 16.4. The molecule has 1 heterocycles. The summed E-state index contributed by atoms with van der Waals surface area (Å²) < 4.78 is 1.65. The van der Waals surface area contributed by atoms with Crippen molar-refractivity contribution in [2.24, 2.45) is 0 Å². The van der Waals surface area contributed by atoms with Gasteiger partial charge in [0.15, 0.2) is 6.04 Å². The quantitative estimate of drug-likeness (QED) is 0.881. The van der Waals surface area contributed by atoms with Crippen LogP contribution in [0.4, 0.5) is 0 Å². The molecule has 0 radical (unpaired) electrons. The number of amides is 1. The van der Waals surface area contributed by atoms with Gasteiger partial charge in [-0.25, -0.2) is 4.79 Å². The van der Waals surface area contributed by atoms with Gasteiger partial charge >= 0.3 is 5.97 Å². The SMILES string of the molecule is CC(C)n1cc(C(=O)N[C@H](C(=O)O)c2ccccc2)cn1. The number of carboxylic acid groups (broad SMARTS) is 1. The number of carboxylic acids is 1. The minimum Gasteiger partial charge on any atom is -0.479 e. The van der Waals surface area contributed by atoms with Gasteiger partial charge in [0.25, 0.3) is 5.91 Å². The summed E-state index contributed by atoms with van der Waals surface area (Å²) in [6.07, 6.45) is 3.03. The van der Waals surface area contributed by atoms with E-state index in [4.69, 9.17) is 0 Å². The summed E-state index contributed by atoms with van der Waals surface area (Å²) in [4.78, 5) is 23.5. The number of aliphatic carboxylic acids is 1. The number of carbonyl (C=O) groups is 2. The predicted molar refractivity (Wildman–Crippen MR) is 76.9 cm³/mol. The molecule has 0 spiro atoms. The summed E-state index contributed by atoms with van der Waals surface area (Å²) in [6, 6.07) is 7.63. The third-order valence-corrected chi connectivity index (χ3v) is 3.05. The summed E-state index contributed by atoms with van der Waals surface area (Å²) in [5.74, 6) is -1.57. The Morgan fingerprint density at radius 3 is 2.43 bits per heavy atom. The van der Waals surface area contributed by atoms with Crippen LogP contribution in [0.3, 0.4) is 0 Å². The summed E-state index contributed by atoms with van der Waals surface area (Å²) in [5, 5.41) is 15.9. The number of nitrogens with one attached hydrogen (secondary N) is 1. The van der Waals surface area contributed by atoms with Crippen LogP contribution in [0.2, 0.25) is 0 Å². The first-order chi connectivity index (χ1) is 9.99. The molecule has 6 nitrogen and oxygen atoms in total. The Morgan fingerprint density at radius 1 is 1.24 bits per heavy atom. The maximum absolute atomic E-state index is 12.1. The van der Waals surface area contributed by atoms with Crippen LogP contribution in [0, 0.1) is 0 Å². The van der Waals surface area contributed by atoms with E-state index in [1.807, 2.05) is 13.8 Å². The number of rotatable bonds is 5. The van der Waals surface area contributed by atoms with Crippen molar-refractivity contribution in [2.45, 2.75) is 25.9 Å². The van der Waals surface area contributed by atoms with Crippen LogP contribution in [0.5, 0.6) is 0 Å². The fourth-order valence-corrected chi connectivity index (χ4v) is 1.89. The van der Waals surface area contributed by atoms with Gasteiger partial charge in [-0.2, -0.15) is 5.10 Å².